The molecule has 0 aliphatic rings. The van der Waals surface area contributed by atoms with E-state index < -0.39 is 0 Å². The van der Waals surface area contributed by atoms with Gasteiger partial charge < -0.3 is 4.57 Å². The summed E-state index contributed by atoms with van der Waals surface area (Å²) in [5, 5.41) is 4.66. The van der Waals surface area contributed by atoms with Crippen molar-refractivity contribution >= 4 is 11.3 Å². The van der Waals surface area contributed by atoms with E-state index in [-0.39, 0.29) is 0 Å². The molecule has 0 aliphatic heterocycles. The van der Waals surface area contributed by atoms with Crippen molar-refractivity contribution in [3.05, 3.63) is 97.2 Å². The van der Waals surface area contributed by atoms with Gasteiger partial charge in [-0.05, 0) is 18.1 Å². The molecule has 3 aromatic carbocycles. The van der Waals surface area contributed by atoms with Gasteiger partial charge in [0.15, 0.2) is 17.1 Å². The van der Waals surface area contributed by atoms with Crippen LogP contribution in [0.15, 0.2) is 91.4 Å². The predicted molar refractivity (Wildman–Crippen MR) is 132 cm³/mol. The first-order chi connectivity index (χ1) is 16.7. The van der Waals surface area contributed by atoms with Gasteiger partial charge in [0.1, 0.15) is 17.8 Å². The van der Waals surface area contributed by atoms with E-state index >= 15 is 0 Å². The van der Waals surface area contributed by atoms with Crippen LogP contribution >= 0.6 is 0 Å². The van der Waals surface area contributed by atoms with E-state index in [1.165, 1.54) is 0 Å². The second kappa shape index (κ2) is 8.04. The van der Waals surface area contributed by atoms with Crippen molar-refractivity contribution in [2.75, 3.05) is 0 Å². The van der Waals surface area contributed by atoms with Crippen LogP contribution in [-0.2, 0) is 7.05 Å². The van der Waals surface area contributed by atoms with Gasteiger partial charge in [0.2, 0.25) is 0 Å². The van der Waals surface area contributed by atoms with E-state index in [2.05, 4.69) is 62.5 Å². The van der Waals surface area contributed by atoms with Crippen LogP contribution in [0.5, 0.6) is 0 Å². The Morgan fingerprint density at radius 2 is 1.35 bits per heavy atom. The van der Waals surface area contributed by atoms with Crippen LogP contribution in [0.1, 0.15) is 5.82 Å². The molecule has 164 valence electrons. The molecule has 3 heterocycles. The molecular formula is C27H21N7. The van der Waals surface area contributed by atoms with E-state index in [9.17, 15) is 0 Å². The minimum atomic E-state index is 0.615. The molecule has 0 amide bonds. The summed E-state index contributed by atoms with van der Waals surface area (Å²) in [6.45, 7) is 1.94. The lowest BCUT2D eigenvalue weighted by Crippen LogP contribution is -2.06. The second-order valence-electron chi connectivity index (χ2n) is 8.05. The third-order valence-corrected chi connectivity index (χ3v) is 6.00. The van der Waals surface area contributed by atoms with Crippen molar-refractivity contribution in [2.24, 2.45) is 7.05 Å². The van der Waals surface area contributed by atoms with Gasteiger partial charge in [-0.2, -0.15) is 5.10 Å². The zero-order chi connectivity index (χ0) is 23.1. The quantitative estimate of drug-likeness (QED) is 0.372. The van der Waals surface area contributed by atoms with Crippen molar-refractivity contribution in [3.8, 4) is 39.5 Å². The van der Waals surface area contributed by atoms with Gasteiger partial charge in [-0.1, -0.05) is 78.9 Å². The van der Waals surface area contributed by atoms with Crippen molar-refractivity contribution in [2.45, 2.75) is 6.92 Å². The van der Waals surface area contributed by atoms with Crippen LogP contribution in [0.3, 0.4) is 0 Å². The maximum Gasteiger partial charge on any atom is 0.197 e. The molecule has 0 spiro atoms. The Labute approximate surface area is 196 Å². The molecule has 6 aromatic rings. The number of hydrogen-bond donors (Lipinski definition) is 0. The van der Waals surface area contributed by atoms with E-state index in [1.54, 1.807) is 12.5 Å². The smallest absolute Gasteiger partial charge is 0.197 e. The Balaban J connectivity index is 1.62. The molecule has 7 heteroatoms. The minimum Gasteiger partial charge on any atom is -0.315 e. The Morgan fingerprint density at radius 3 is 2.00 bits per heavy atom. The lowest BCUT2D eigenvalue weighted by molar-refractivity contribution is 0.868. The van der Waals surface area contributed by atoms with Gasteiger partial charge in [-0.15, -0.1) is 0 Å². The maximum atomic E-state index is 4.84. The van der Waals surface area contributed by atoms with Crippen LogP contribution in [-0.4, -0.2) is 34.3 Å². The number of nitrogens with zero attached hydrogens (tertiary/aromatic N) is 7. The predicted octanol–water partition coefficient (Wildman–Crippen LogP) is 5.25. The lowest BCUT2D eigenvalue weighted by atomic mass is 9.96. The fourth-order valence-electron chi connectivity index (χ4n) is 4.22. The molecule has 3 aromatic heterocycles. The SMILES string of the molecule is Cc1nc2ncc(-c3ncnn3-c3c(-c4ccccc4)cccc3-c3ccccc3)nc2n1C. The van der Waals surface area contributed by atoms with Crippen molar-refractivity contribution in [1.29, 1.82) is 0 Å². The fraction of sp³-hybridized carbons (Fsp3) is 0.0741. The maximum absolute atomic E-state index is 4.84. The standard InChI is InChI=1S/C27H21N7/c1-18-31-25-27(33(18)2)32-23(16-28-25)26-29-17-30-34(26)24-21(19-10-5-3-6-11-19)14-9-15-22(24)20-12-7-4-8-13-20/h3-17H,1-2H3. The molecule has 0 aliphatic carbocycles. The summed E-state index contributed by atoms with van der Waals surface area (Å²) in [6.07, 6.45) is 3.27. The second-order valence-corrected chi connectivity index (χ2v) is 8.05. The number of hydrogen-bond acceptors (Lipinski definition) is 5. The molecule has 34 heavy (non-hydrogen) atoms. The monoisotopic (exact) mass is 443 g/mol. The number of rotatable bonds is 4. The molecular weight excluding hydrogens is 422 g/mol. The highest BCUT2D eigenvalue weighted by atomic mass is 15.3. The number of aryl methyl sites for hydroxylation is 2. The summed E-state index contributed by atoms with van der Waals surface area (Å²) < 4.78 is 3.80. The summed E-state index contributed by atoms with van der Waals surface area (Å²) in [5.74, 6) is 1.48. The number of para-hydroxylation sites is 1. The molecule has 0 N–H and O–H groups in total. The van der Waals surface area contributed by atoms with Crippen LogP contribution in [0.4, 0.5) is 0 Å². The summed E-state index contributed by atoms with van der Waals surface area (Å²) in [7, 11) is 1.94. The summed E-state index contributed by atoms with van der Waals surface area (Å²) in [5.41, 5.74) is 7.21. The molecule has 0 atom stereocenters. The van der Waals surface area contributed by atoms with Gasteiger partial charge in [-0.25, -0.2) is 24.6 Å². The topological polar surface area (TPSA) is 74.3 Å². The van der Waals surface area contributed by atoms with Gasteiger partial charge in [0.25, 0.3) is 0 Å². The van der Waals surface area contributed by atoms with E-state index in [4.69, 9.17) is 4.98 Å². The highest BCUT2D eigenvalue weighted by Gasteiger charge is 2.20. The first-order valence-corrected chi connectivity index (χ1v) is 11.0. The highest BCUT2D eigenvalue weighted by Crippen LogP contribution is 2.36. The number of fused-ring (bicyclic) bond motifs is 1. The van der Waals surface area contributed by atoms with Crippen LogP contribution < -0.4 is 0 Å². The van der Waals surface area contributed by atoms with Gasteiger partial charge in [-0.3, -0.25) is 0 Å². The van der Waals surface area contributed by atoms with E-state index in [0.717, 1.165) is 33.8 Å². The molecule has 0 unspecified atom stereocenters. The number of imidazole rings is 1. The number of aromatic nitrogens is 7. The summed E-state index contributed by atoms with van der Waals surface area (Å²) >= 11 is 0. The Hall–Kier alpha value is -4.65. The average Bonchev–Trinajstić information content (AvgIpc) is 3.49. The summed E-state index contributed by atoms with van der Waals surface area (Å²) in [6, 6.07) is 26.9. The van der Waals surface area contributed by atoms with Crippen LogP contribution in [0.25, 0.3) is 50.8 Å². The van der Waals surface area contributed by atoms with Crippen molar-refractivity contribution < 1.29 is 0 Å². The largest absolute Gasteiger partial charge is 0.315 e. The molecule has 0 saturated carbocycles. The minimum absolute atomic E-state index is 0.615. The zero-order valence-electron chi connectivity index (χ0n) is 18.8. The zero-order valence-corrected chi connectivity index (χ0v) is 18.8. The van der Waals surface area contributed by atoms with Crippen LogP contribution in [0, 0.1) is 6.92 Å². The molecule has 6 rings (SSSR count). The third-order valence-electron chi connectivity index (χ3n) is 6.00. The van der Waals surface area contributed by atoms with Gasteiger partial charge >= 0.3 is 0 Å². The third kappa shape index (κ3) is 3.26. The molecule has 0 fully saturated rings. The Bertz CT molecular complexity index is 1560. The van der Waals surface area contributed by atoms with Crippen LogP contribution in [0.2, 0.25) is 0 Å². The lowest BCUT2D eigenvalue weighted by Gasteiger charge is -2.17. The first-order valence-electron chi connectivity index (χ1n) is 11.0. The van der Waals surface area contributed by atoms with Gasteiger partial charge in [0.05, 0.1) is 11.9 Å². The van der Waals surface area contributed by atoms with Crippen molar-refractivity contribution in [3.63, 3.8) is 0 Å². The summed E-state index contributed by atoms with van der Waals surface area (Å²) in [4.78, 5) is 18.4. The highest BCUT2D eigenvalue weighted by molar-refractivity contribution is 5.86. The molecule has 0 radical (unpaired) electrons. The van der Waals surface area contributed by atoms with Gasteiger partial charge in [0, 0.05) is 18.2 Å². The molecule has 7 nitrogen and oxygen atoms in total. The Kier molecular flexibility index (Phi) is 4.73. The first kappa shape index (κ1) is 20.0. The van der Waals surface area contributed by atoms with Crippen molar-refractivity contribution in [1.82, 2.24) is 34.3 Å². The van der Waals surface area contributed by atoms with E-state index in [1.807, 2.05) is 59.6 Å². The Morgan fingerprint density at radius 1 is 0.706 bits per heavy atom. The molecule has 0 bridgehead atoms. The molecule has 0 saturated heterocycles. The fourth-order valence-corrected chi connectivity index (χ4v) is 4.22. The average molecular weight is 444 g/mol. The normalized spacial score (nSPS) is 11.2. The number of benzene rings is 3. The van der Waals surface area contributed by atoms with E-state index in [0.29, 0.717) is 22.8 Å².